The van der Waals surface area contributed by atoms with Crippen molar-refractivity contribution in [2.24, 2.45) is 5.92 Å². The Morgan fingerprint density at radius 3 is 2.42 bits per heavy atom. The number of anilines is 1. The van der Waals surface area contributed by atoms with E-state index in [1.165, 1.54) is 7.11 Å². The van der Waals surface area contributed by atoms with Crippen LogP contribution in [-0.4, -0.2) is 82.1 Å². The molecule has 2 N–H and O–H groups in total. The number of aromatic nitrogens is 2. The third kappa shape index (κ3) is 6.38. The summed E-state index contributed by atoms with van der Waals surface area (Å²) in [6, 6.07) is 6.75. The predicted octanol–water partition coefficient (Wildman–Crippen LogP) is 1.75. The van der Waals surface area contributed by atoms with Gasteiger partial charge in [-0.1, -0.05) is 26.0 Å². The second-order valence-electron chi connectivity index (χ2n) is 8.44. The molecule has 3 rings (SSSR count). The first kappa shape index (κ1) is 24.4. The molecule has 1 saturated heterocycles. The number of rotatable bonds is 9. The van der Waals surface area contributed by atoms with E-state index in [0.29, 0.717) is 44.4 Å². The van der Waals surface area contributed by atoms with E-state index >= 15 is 0 Å². The van der Waals surface area contributed by atoms with E-state index in [4.69, 9.17) is 0 Å². The van der Waals surface area contributed by atoms with Gasteiger partial charge in [-0.05, 0) is 18.1 Å². The molecule has 10 nitrogen and oxygen atoms in total. The van der Waals surface area contributed by atoms with Crippen molar-refractivity contribution < 1.29 is 24.2 Å². The van der Waals surface area contributed by atoms with Crippen molar-refractivity contribution in [1.82, 2.24) is 19.8 Å². The second kappa shape index (κ2) is 11.0. The van der Waals surface area contributed by atoms with Gasteiger partial charge in [-0.25, -0.2) is 14.8 Å². The molecule has 178 valence electrons. The summed E-state index contributed by atoms with van der Waals surface area (Å²) in [5, 5.41) is 13.4. The van der Waals surface area contributed by atoms with Gasteiger partial charge in [0.1, 0.15) is 17.7 Å². The molecule has 0 unspecified atom stereocenters. The molecule has 1 aliphatic heterocycles. The van der Waals surface area contributed by atoms with Gasteiger partial charge in [0.15, 0.2) is 0 Å². The zero-order valence-corrected chi connectivity index (χ0v) is 19.3. The first-order chi connectivity index (χ1) is 15.8. The quantitative estimate of drug-likeness (QED) is 0.542. The van der Waals surface area contributed by atoms with Crippen LogP contribution in [-0.2, 0) is 25.7 Å². The number of aliphatic carboxylic acids is 1. The molecule has 1 atom stereocenters. The van der Waals surface area contributed by atoms with Crippen molar-refractivity contribution in [1.29, 1.82) is 0 Å². The van der Waals surface area contributed by atoms with Crippen LogP contribution in [0.15, 0.2) is 24.3 Å². The fourth-order valence-corrected chi connectivity index (χ4v) is 3.79. The van der Waals surface area contributed by atoms with E-state index in [1.54, 1.807) is 4.90 Å². The van der Waals surface area contributed by atoms with Gasteiger partial charge in [-0.2, -0.15) is 0 Å². The van der Waals surface area contributed by atoms with Gasteiger partial charge in [0.25, 0.3) is 0 Å². The minimum absolute atomic E-state index is 0.0538. The molecule has 0 bridgehead atoms. The summed E-state index contributed by atoms with van der Waals surface area (Å²) in [6.07, 6.45) is 0.236. The van der Waals surface area contributed by atoms with Gasteiger partial charge in [-0.15, -0.1) is 0 Å². The van der Waals surface area contributed by atoms with Crippen LogP contribution in [0.3, 0.4) is 0 Å². The number of para-hydroxylation sites is 1. The van der Waals surface area contributed by atoms with Gasteiger partial charge >= 0.3 is 11.9 Å². The second-order valence-corrected chi connectivity index (χ2v) is 8.44. The molecular formula is C23H31N5O5. The lowest BCUT2D eigenvalue weighted by atomic mass is 10.0. The lowest BCUT2D eigenvalue weighted by Crippen LogP contribution is -2.48. The first-order valence-corrected chi connectivity index (χ1v) is 11.1. The number of piperazine rings is 1. The van der Waals surface area contributed by atoms with Crippen LogP contribution in [0.1, 0.15) is 32.5 Å². The number of esters is 1. The maximum absolute atomic E-state index is 12.3. The standard InChI is InChI=1S/C23H31N5O5/c1-15(2)21(23(31)32)26-22-16-6-4-5-7-17(16)24-18(25-22)14-27-10-12-28(13-11-27)19(29)8-9-20(30)33-3/h4-7,15,21H,8-14H2,1-3H3,(H,31,32)(H,24,25,26)/t21-/m0/s1. The van der Waals surface area contributed by atoms with E-state index in [9.17, 15) is 19.5 Å². The van der Waals surface area contributed by atoms with Crippen molar-refractivity contribution in [3.63, 3.8) is 0 Å². The molecule has 1 fully saturated rings. The number of nitrogens with one attached hydrogen (secondary N) is 1. The fourth-order valence-electron chi connectivity index (χ4n) is 3.79. The van der Waals surface area contributed by atoms with Crippen LogP contribution in [0.25, 0.3) is 10.9 Å². The fraction of sp³-hybridized carbons (Fsp3) is 0.522. The summed E-state index contributed by atoms with van der Waals surface area (Å²) in [7, 11) is 1.31. The Kier molecular flexibility index (Phi) is 8.16. The number of hydrogen-bond donors (Lipinski definition) is 2. The molecular weight excluding hydrogens is 426 g/mol. The number of carbonyl (C=O) groups is 3. The number of carboxylic acid groups (broad SMARTS) is 1. The van der Waals surface area contributed by atoms with Gasteiger partial charge in [-0.3, -0.25) is 14.5 Å². The van der Waals surface area contributed by atoms with E-state index in [2.05, 4.69) is 24.9 Å². The maximum Gasteiger partial charge on any atom is 0.326 e. The van der Waals surface area contributed by atoms with Crippen LogP contribution in [0.2, 0.25) is 0 Å². The minimum atomic E-state index is -0.928. The Morgan fingerprint density at radius 2 is 1.79 bits per heavy atom. The number of methoxy groups -OCH3 is 1. The zero-order chi connectivity index (χ0) is 24.0. The summed E-state index contributed by atoms with van der Waals surface area (Å²) >= 11 is 0. The Hall–Kier alpha value is -3.27. The Morgan fingerprint density at radius 1 is 1.09 bits per heavy atom. The largest absolute Gasteiger partial charge is 0.480 e. The number of carboxylic acids is 1. The lowest BCUT2D eigenvalue weighted by molar-refractivity contribution is -0.144. The third-order valence-corrected chi connectivity index (χ3v) is 5.74. The molecule has 33 heavy (non-hydrogen) atoms. The molecule has 1 aromatic heterocycles. The molecule has 0 radical (unpaired) electrons. The predicted molar refractivity (Wildman–Crippen MR) is 123 cm³/mol. The highest BCUT2D eigenvalue weighted by atomic mass is 16.5. The number of fused-ring (bicyclic) bond motifs is 1. The number of hydrogen-bond acceptors (Lipinski definition) is 8. The Labute approximate surface area is 192 Å². The summed E-state index contributed by atoms with van der Waals surface area (Å²) in [5.74, 6) is -0.390. The van der Waals surface area contributed by atoms with E-state index in [-0.39, 0.29) is 30.6 Å². The smallest absolute Gasteiger partial charge is 0.326 e. The number of carbonyl (C=O) groups excluding carboxylic acids is 2. The maximum atomic E-state index is 12.3. The van der Waals surface area contributed by atoms with Gasteiger partial charge in [0.05, 0.1) is 25.6 Å². The number of ether oxygens (including phenoxy) is 1. The Balaban J connectivity index is 1.68. The van der Waals surface area contributed by atoms with Gasteiger partial charge in [0.2, 0.25) is 5.91 Å². The van der Waals surface area contributed by atoms with Crippen molar-refractivity contribution in [2.75, 3.05) is 38.6 Å². The Bertz CT molecular complexity index is 1000. The number of nitrogens with zero attached hydrogens (tertiary/aromatic N) is 4. The van der Waals surface area contributed by atoms with Crippen LogP contribution in [0.4, 0.5) is 5.82 Å². The van der Waals surface area contributed by atoms with Crippen LogP contribution >= 0.6 is 0 Å². The topological polar surface area (TPSA) is 125 Å². The molecule has 0 saturated carbocycles. The highest BCUT2D eigenvalue weighted by Crippen LogP contribution is 2.23. The first-order valence-electron chi connectivity index (χ1n) is 11.1. The van der Waals surface area contributed by atoms with Crippen LogP contribution in [0.5, 0.6) is 0 Å². The van der Waals surface area contributed by atoms with Crippen molar-refractivity contribution in [3.8, 4) is 0 Å². The average molecular weight is 458 g/mol. The molecule has 1 aliphatic rings. The minimum Gasteiger partial charge on any atom is -0.480 e. The lowest BCUT2D eigenvalue weighted by Gasteiger charge is -2.34. The zero-order valence-electron chi connectivity index (χ0n) is 19.3. The van der Waals surface area contributed by atoms with Crippen LogP contribution < -0.4 is 5.32 Å². The van der Waals surface area contributed by atoms with E-state index in [1.807, 2.05) is 38.1 Å². The highest BCUT2D eigenvalue weighted by Gasteiger charge is 2.25. The SMILES string of the molecule is COC(=O)CCC(=O)N1CCN(Cc2nc(N[C@H](C(=O)O)C(C)C)c3ccccc3n2)CC1. The van der Waals surface area contributed by atoms with Crippen molar-refractivity contribution >= 4 is 34.6 Å². The third-order valence-electron chi connectivity index (χ3n) is 5.74. The summed E-state index contributed by atoms with van der Waals surface area (Å²) in [6.45, 7) is 6.63. The highest BCUT2D eigenvalue weighted by molar-refractivity contribution is 5.91. The van der Waals surface area contributed by atoms with E-state index < -0.39 is 12.0 Å². The monoisotopic (exact) mass is 457 g/mol. The molecule has 1 aromatic carbocycles. The number of benzene rings is 1. The molecule has 2 heterocycles. The van der Waals surface area contributed by atoms with Gasteiger partial charge in [0, 0.05) is 38.0 Å². The molecule has 0 spiro atoms. The summed E-state index contributed by atoms with van der Waals surface area (Å²) < 4.78 is 4.59. The van der Waals surface area contributed by atoms with Gasteiger partial charge < -0.3 is 20.1 Å². The van der Waals surface area contributed by atoms with E-state index in [0.717, 1.165) is 10.9 Å². The number of amides is 1. The van der Waals surface area contributed by atoms with Crippen molar-refractivity contribution in [2.45, 2.75) is 39.3 Å². The summed E-state index contributed by atoms with van der Waals surface area (Å²) in [5.41, 5.74) is 0.745. The van der Waals surface area contributed by atoms with Crippen LogP contribution in [0, 0.1) is 5.92 Å². The molecule has 0 aliphatic carbocycles. The normalized spacial score (nSPS) is 15.5. The molecule has 2 aromatic rings. The average Bonchev–Trinajstić information content (AvgIpc) is 2.80. The molecule has 10 heteroatoms. The summed E-state index contributed by atoms with van der Waals surface area (Å²) in [4.78, 5) is 48.5. The molecule has 1 amide bonds. The van der Waals surface area contributed by atoms with Crippen molar-refractivity contribution in [3.05, 3.63) is 30.1 Å².